The lowest BCUT2D eigenvalue weighted by atomic mass is 9.70. The van der Waals surface area contributed by atoms with E-state index in [2.05, 4.69) is 278 Å². The van der Waals surface area contributed by atoms with E-state index in [1.165, 1.54) is 130 Å². The van der Waals surface area contributed by atoms with Gasteiger partial charge in [-0.1, -0.05) is 218 Å². The summed E-state index contributed by atoms with van der Waals surface area (Å²) in [6, 6.07) is 103. The molecule has 2 aliphatic rings. The number of anilines is 3. The molecular weight excluding hydrogens is 923 g/mol. The summed E-state index contributed by atoms with van der Waals surface area (Å²) in [4.78, 5) is 2.56. The van der Waals surface area contributed by atoms with Crippen LogP contribution in [-0.2, 0) is 5.41 Å². The molecule has 0 radical (unpaired) electrons. The van der Waals surface area contributed by atoms with Crippen LogP contribution < -0.4 is 4.90 Å². The van der Waals surface area contributed by atoms with E-state index in [-0.39, 0.29) is 0 Å². The number of hydrogen-bond acceptors (Lipinski definition) is 2. The summed E-state index contributed by atoms with van der Waals surface area (Å²) >= 11 is 1.87. The number of rotatable bonds is 6. The van der Waals surface area contributed by atoms with Gasteiger partial charge < -0.3 is 4.90 Å². The lowest BCUT2D eigenvalue weighted by molar-refractivity contribution is 0.794. The van der Waals surface area contributed by atoms with E-state index >= 15 is 0 Å². The summed E-state index contributed by atoms with van der Waals surface area (Å²) in [6.07, 6.45) is 0. The van der Waals surface area contributed by atoms with Crippen molar-refractivity contribution in [1.82, 2.24) is 0 Å². The molecule has 0 bridgehead atoms. The first-order valence-electron chi connectivity index (χ1n) is 26.0. The fraction of sp³-hybridized carbons (Fsp3) is 0.0137. The molecule has 348 valence electrons. The summed E-state index contributed by atoms with van der Waals surface area (Å²) < 4.78 is 2.60. The first kappa shape index (κ1) is 42.2. The first-order chi connectivity index (χ1) is 37.2. The van der Waals surface area contributed by atoms with Crippen molar-refractivity contribution in [2.45, 2.75) is 5.41 Å². The van der Waals surface area contributed by atoms with E-state index < -0.39 is 5.41 Å². The molecule has 14 aromatic rings. The maximum Gasteiger partial charge on any atom is 0.0726 e. The summed E-state index contributed by atoms with van der Waals surface area (Å²) in [5, 5.41) is 10.1. The lowest BCUT2D eigenvalue weighted by Crippen LogP contribution is -2.26. The zero-order chi connectivity index (χ0) is 49.2. The van der Waals surface area contributed by atoms with Crippen LogP contribution in [0.25, 0.3) is 108 Å². The lowest BCUT2D eigenvalue weighted by Gasteiger charge is -2.33. The third kappa shape index (κ3) is 6.18. The molecule has 0 saturated heterocycles. The van der Waals surface area contributed by atoms with Crippen molar-refractivity contribution in [2.75, 3.05) is 4.90 Å². The second-order valence-electron chi connectivity index (χ2n) is 20.3. The van der Waals surface area contributed by atoms with Gasteiger partial charge in [0, 0.05) is 37.1 Å². The van der Waals surface area contributed by atoms with Gasteiger partial charge in [0.25, 0.3) is 0 Å². The monoisotopic (exact) mass is 967 g/mol. The van der Waals surface area contributed by atoms with Gasteiger partial charge in [-0.15, -0.1) is 11.3 Å². The van der Waals surface area contributed by atoms with Gasteiger partial charge in [0.05, 0.1) is 11.1 Å². The van der Waals surface area contributed by atoms with Crippen LogP contribution in [-0.4, -0.2) is 0 Å². The second-order valence-corrected chi connectivity index (χ2v) is 21.3. The fourth-order valence-electron chi connectivity index (χ4n) is 13.2. The second kappa shape index (κ2) is 16.3. The molecule has 75 heavy (non-hydrogen) atoms. The van der Waals surface area contributed by atoms with Crippen LogP contribution in [0.5, 0.6) is 0 Å². The molecule has 0 N–H and O–H groups in total. The maximum absolute atomic E-state index is 2.58. The van der Waals surface area contributed by atoms with Crippen LogP contribution >= 0.6 is 11.3 Å². The van der Waals surface area contributed by atoms with Crippen molar-refractivity contribution < 1.29 is 0 Å². The van der Waals surface area contributed by atoms with E-state index in [4.69, 9.17) is 0 Å². The van der Waals surface area contributed by atoms with Gasteiger partial charge >= 0.3 is 0 Å². The Morgan fingerprint density at radius 3 is 1.29 bits per heavy atom. The third-order valence-electron chi connectivity index (χ3n) is 16.5. The van der Waals surface area contributed by atoms with Crippen LogP contribution in [0.1, 0.15) is 22.3 Å². The van der Waals surface area contributed by atoms with Crippen LogP contribution in [0.3, 0.4) is 0 Å². The molecule has 0 fully saturated rings. The Morgan fingerprint density at radius 1 is 0.240 bits per heavy atom. The quantitative estimate of drug-likeness (QED) is 0.150. The number of hydrogen-bond donors (Lipinski definition) is 0. The van der Waals surface area contributed by atoms with Crippen molar-refractivity contribution >= 4 is 80.9 Å². The van der Waals surface area contributed by atoms with E-state index in [1.807, 2.05) is 11.3 Å². The molecule has 0 atom stereocenters. The number of fused-ring (bicyclic) bond motifs is 19. The van der Waals surface area contributed by atoms with Gasteiger partial charge in [0.2, 0.25) is 0 Å². The SMILES string of the molecule is c1ccc(-c2ccc(-c3ccc(N(c4ccc5c6ccccc6c6ccccc6c5c4)c4cc5c(cc4-c4ccc6sc7ccccc7c6c4)-c4ccccc4C54c5ccccc5-c5ccccc54)cc3)cc2)cc1. The van der Waals surface area contributed by atoms with E-state index in [0.717, 1.165) is 17.1 Å². The molecule has 0 aliphatic heterocycles. The van der Waals surface area contributed by atoms with E-state index in [1.54, 1.807) is 0 Å². The Bertz CT molecular complexity index is 4560. The normalized spacial score (nSPS) is 12.9. The highest BCUT2D eigenvalue weighted by molar-refractivity contribution is 7.25. The summed E-state index contributed by atoms with van der Waals surface area (Å²) in [5.74, 6) is 0. The van der Waals surface area contributed by atoms with E-state index in [0.29, 0.717) is 0 Å². The summed E-state index contributed by atoms with van der Waals surface area (Å²) in [7, 11) is 0. The summed E-state index contributed by atoms with van der Waals surface area (Å²) in [6.45, 7) is 0. The summed E-state index contributed by atoms with van der Waals surface area (Å²) in [5.41, 5.74) is 20.4. The third-order valence-corrected chi connectivity index (χ3v) is 17.6. The van der Waals surface area contributed by atoms with Gasteiger partial charge in [-0.3, -0.25) is 0 Å². The Labute approximate surface area is 439 Å². The average Bonchev–Trinajstić information content (AvgIpc) is 4.26. The highest BCUT2D eigenvalue weighted by Gasteiger charge is 2.52. The Balaban J connectivity index is 0.993. The highest BCUT2D eigenvalue weighted by Crippen LogP contribution is 2.64. The molecule has 0 saturated carbocycles. The van der Waals surface area contributed by atoms with Crippen LogP contribution in [0.15, 0.2) is 273 Å². The maximum atomic E-state index is 2.58. The zero-order valence-electron chi connectivity index (χ0n) is 40.8. The minimum Gasteiger partial charge on any atom is -0.310 e. The standard InChI is InChI=1S/C73H45NS/c1-2-16-46(17-3-1)47-30-32-48(33-31-47)49-34-37-51(38-35-49)74(52-39-40-57-55-20-5-4-18-53(55)54-19-6-7-21-56(54)63(57)43-52)70-45-69-64(44-62(70)50-36-41-72-65(42-50)61-25-11-15-29-71(61)75-72)60-24-10-14-28-68(60)73(69)66-26-12-8-22-58(66)59-23-9-13-27-67(59)73/h1-45H. The Kier molecular flexibility index (Phi) is 9.19. The molecule has 2 heteroatoms. The first-order valence-corrected chi connectivity index (χ1v) is 26.8. The molecule has 2 aliphatic carbocycles. The van der Waals surface area contributed by atoms with Gasteiger partial charge in [-0.25, -0.2) is 0 Å². The fourth-order valence-corrected chi connectivity index (χ4v) is 14.3. The number of thiophene rings is 1. The van der Waals surface area contributed by atoms with Crippen LogP contribution in [0.4, 0.5) is 17.1 Å². The van der Waals surface area contributed by atoms with Gasteiger partial charge in [0.15, 0.2) is 0 Å². The zero-order valence-corrected chi connectivity index (χ0v) is 41.7. The number of nitrogens with zero attached hydrogens (tertiary/aromatic N) is 1. The van der Waals surface area contributed by atoms with Crippen molar-refractivity contribution in [3.63, 3.8) is 0 Å². The van der Waals surface area contributed by atoms with Crippen molar-refractivity contribution in [1.29, 1.82) is 0 Å². The van der Waals surface area contributed by atoms with Crippen molar-refractivity contribution in [3.8, 4) is 55.6 Å². The van der Waals surface area contributed by atoms with Gasteiger partial charge in [0.1, 0.15) is 0 Å². The highest BCUT2D eigenvalue weighted by atomic mass is 32.1. The topological polar surface area (TPSA) is 3.24 Å². The van der Waals surface area contributed by atoms with Gasteiger partial charge in [-0.05, 0) is 159 Å². The molecular formula is C73H45NS. The number of benzene rings is 13. The van der Waals surface area contributed by atoms with E-state index in [9.17, 15) is 0 Å². The van der Waals surface area contributed by atoms with Crippen LogP contribution in [0, 0.1) is 0 Å². The van der Waals surface area contributed by atoms with Gasteiger partial charge in [-0.2, -0.15) is 0 Å². The molecule has 16 rings (SSSR count). The molecule has 1 heterocycles. The minimum atomic E-state index is -0.528. The van der Waals surface area contributed by atoms with Crippen molar-refractivity contribution in [3.05, 3.63) is 295 Å². The molecule has 0 amide bonds. The molecule has 1 nitrogen and oxygen atoms in total. The van der Waals surface area contributed by atoms with Crippen molar-refractivity contribution in [2.24, 2.45) is 0 Å². The average molecular weight is 968 g/mol. The molecule has 0 unspecified atom stereocenters. The Hall–Kier alpha value is -9.34. The van der Waals surface area contributed by atoms with Crippen LogP contribution in [0.2, 0.25) is 0 Å². The smallest absolute Gasteiger partial charge is 0.0726 e. The molecule has 13 aromatic carbocycles. The minimum absolute atomic E-state index is 0.528. The molecule has 1 aromatic heterocycles. The molecule has 1 spiro atoms. The Morgan fingerprint density at radius 2 is 0.680 bits per heavy atom. The largest absolute Gasteiger partial charge is 0.310 e. The predicted octanol–water partition coefficient (Wildman–Crippen LogP) is 20.3. The predicted molar refractivity (Wildman–Crippen MR) is 319 cm³/mol.